The third-order valence-electron chi connectivity index (χ3n) is 3.98. The van der Waals surface area contributed by atoms with E-state index in [9.17, 15) is 0 Å². The Balaban J connectivity index is 1.78. The van der Waals surface area contributed by atoms with Crippen LogP contribution in [0.25, 0.3) is 4.96 Å². The lowest BCUT2D eigenvalue weighted by atomic mass is 10.1. The van der Waals surface area contributed by atoms with Crippen molar-refractivity contribution in [2.24, 2.45) is 0 Å². The topological polar surface area (TPSA) is 29.3 Å². The summed E-state index contributed by atoms with van der Waals surface area (Å²) < 4.78 is 2.26. The standard InChI is InChI=1S/C17H21N3S/c1-11-5-7-15(8-6-11)13(3)18-9-16-14(4)19-17-20(16)12(2)10-21-17/h5-8,10,13,18H,9H2,1-4H3/t13-/m0/s1. The summed E-state index contributed by atoms with van der Waals surface area (Å²) in [6.07, 6.45) is 0. The number of hydrogen-bond donors (Lipinski definition) is 1. The molecule has 0 fully saturated rings. The van der Waals surface area contributed by atoms with E-state index in [0.29, 0.717) is 6.04 Å². The molecule has 0 bridgehead atoms. The molecule has 3 nitrogen and oxygen atoms in total. The molecule has 1 N–H and O–H groups in total. The summed E-state index contributed by atoms with van der Waals surface area (Å²) in [4.78, 5) is 5.73. The molecule has 0 aliphatic rings. The number of nitrogens with one attached hydrogen (secondary N) is 1. The molecule has 3 rings (SSSR count). The first-order valence-electron chi connectivity index (χ1n) is 7.28. The summed E-state index contributed by atoms with van der Waals surface area (Å²) in [6.45, 7) is 9.39. The van der Waals surface area contributed by atoms with E-state index in [2.05, 4.69) is 72.0 Å². The van der Waals surface area contributed by atoms with Crippen molar-refractivity contribution >= 4 is 16.3 Å². The average molecular weight is 299 g/mol. The van der Waals surface area contributed by atoms with Crippen LogP contribution in [-0.4, -0.2) is 9.38 Å². The van der Waals surface area contributed by atoms with Gasteiger partial charge in [-0.25, -0.2) is 4.98 Å². The minimum absolute atomic E-state index is 0.328. The van der Waals surface area contributed by atoms with Gasteiger partial charge in [-0.3, -0.25) is 4.40 Å². The van der Waals surface area contributed by atoms with Crippen LogP contribution in [0.5, 0.6) is 0 Å². The largest absolute Gasteiger partial charge is 0.305 e. The van der Waals surface area contributed by atoms with E-state index in [0.717, 1.165) is 17.2 Å². The molecule has 4 heteroatoms. The Hall–Kier alpha value is -1.65. The smallest absolute Gasteiger partial charge is 0.194 e. The van der Waals surface area contributed by atoms with Crippen molar-refractivity contribution in [3.8, 4) is 0 Å². The van der Waals surface area contributed by atoms with Gasteiger partial charge in [0, 0.05) is 23.7 Å². The van der Waals surface area contributed by atoms with Gasteiger partial charge in [-0.15, -0.1) is 11.3 Å². The van der Waals surface area contributed by atoms with Crippen LogP contribution in [0, 0.1) is 20.8 Å². The molecule has 0 aliphatic heterocycles. The number of rotatable bonds is 4. The van der Waals surface area contributed by atoms with Crippen molar-refractivity contribution in [2.75, 3.05) is 0 Å². The van der Waals surface area contributed by atoms with Crippen molar-refractivity contribution in [3.05, 3.63) is 57.9 Å². The zero-order chi connectivity index (χ0) is 15.0. The highest BCUT2D eigenvalue weighted by molar-refractivity contribution is 7.15. The van der Waals surface area contributed by atoms with E-state index in [4.69, 9.17) is 0 Å². The first-order chi connectivity index (χ1) is 10.1. The molecule has 0 saturated heterocycles. The van der Waals surface area contributed by atoms with E-state index < -0.39 is 0 Å². The fraction of sp³-hybridized carbons (Fsp3) is 0.353. The number of benzene rings is 1. The van der Waals surface area contributed by atoms with Crippen molar-refractivity contribution in [3.63, 3.8) is 0 Å². The van der Waals surface area contributed by atoms with Crippen LogP contribution in [-0.2, 0) is 6.54 Å². The molecular weight excluding hydrogens is 278 g/mol. The second-order valence-electron chi connectivity index (χ2n) is 5.65. The molecule has 110 valence electrons. The number of aromatic nitrogens is 2. The first kappa shape index (κ1) is 14.3. The maximum Gasteiger partial charge on any atom is 0.194 e. The average Bonchev–Trinajstić information content (AvgIpc) is 2.97. The van der Waals surface area contributed by atoms with Crippen LogP contribution in [0.2, 0.25) is 0 Å². The molecule has 0 spiro atoms. The number of thiazole rings is 1. The van der Waals surface area contributed by atoms with Gasteiger partial charge < -0.3 is 5.32 Å². The Labute approximate surface area is 129 Å². The van der Waals surface area contributed by atoms with E-state index in [1.807, 2.05) is 0 Å². The molecule has 0 radical (unpaired) electrons. The molecule has 0 unspecified atom stereocenters. The van der Waals surface area contributed by atoms with E-state index in [1.165, 1.54) is 22.5 Å². The highest BCUT2D eigenvalue weighted by Crippen LogP contribution is 2.21. The quantitative estimate of drug-likeness (QED) is 0.783. The lowest BCUT2D eigenvalue weighted by molar-refractivity contribution is 0.563. The normalized spacial score (nSPS) is 13.0. The Morgan fingerprint density at radius 1 is 1.19 bits per heavy atom. The van der Waals surface area contributed by atoms with Gasteiger partial charge in [0.15, 0.2) is 4.96 Å². The number of fused-ring (bicyclic) bond motifs is 1. The maximum absolute atomic E-state index is 4.64. The highest BCUT2D eigenvalue weighted by Gasteiger charge is 2.13. The Bertz CT molecular complexity index is 752. The molecule has 0 aliphatic carbocycles. The molecule has 1 atom stereocenters. The fourth-order valence-electron chi connectivity index (χ4n) is 2.60. The monoisotopic (exact) mass is 299 g/mol. The SMILES string of the molecule is Cc1ccc([C@H](C)NCc2c(C)nc3scc(C)n23)cc1. The molecular formula is C17H21N3S. The van der Waals surface area contributed by atoms with Gasteiger partial charge >= 0.3 is 0 Å². The summed E-state index contributed by atoms with van der Waals surface area (Å²) in [5.41, 5.74) is 6.26. The van der Waals surface area contributed by atoms with Gasteiger partial charge in [-0.2, -0.15) is 0 Å². The summed E-state index contributed by atoms with van der Waals surface area (Å²) in [6, 6.07) is 9.05. The molecule has 0 amide bonds. The minimum atomic E-state index is 0.328. The number of aryl methyl sites for hydroxylation is 3. The Morgan fingerprint density at radius 3 is 2.62 bits per heavy atom. The predicted molar refractivity (Wildman–Crippen MR) is 89.0 cm³/mol. The van der Waals surface area contributed by atoms with Crippen LogP contribution in [0.4, 0.5) is 0 Å². The van der Waals surface area contributed by atoms with E-state index in [-0.39, 0.29) is 0 Å². The van der Waals surface area contributed by atoms with Crippen LogP contribution >= 0.6 is 11.3 Å². The number of nitrogens with zero attached hydrogens (tertiary/aromatic N) is 2. The van der Waals surface area contributed by atoms with E-state index in [1.54, 1.807) is 11.3 Å². The van der Waals surface area contributed by atoms with Gasteiger partial charge in [-0.05, 0) is 33.3 Å². The van der Waals surface area contributed by atoms with Gasteiger partial charge in [0.25, 0.3) is 0 Å². The second kappa shape index (κ2) is 5.62. The van der Waals surface area contributed by atoms with Gasteiger partial charge in [-0.1, -0.05) is 29.8 Å². The van der Waals surface area contributed by atoms with Gasteiger partial charge in [0.1, 0.15) is 0 Å². The van der Waals surface area contributed by atoms with Crippen LogP contribution in [0.1, 0.15) is 41.2 Å². The molecule has 2 heterocycles. The summed E-state index contributed by atoms with van der Waals surface area (Å²) in [5, 5.41) is 5.78. The van der Waals surface area contributed by atoms with Crippen molar-refractivity contribution < 1.29 is 0 Å². The van der Waals surface area contributed by atoms with Crippen LogP contribution in [0.3, 0.4) is 0 Å². The van der Waals surface area contributed by atoms with E-state index >= 15 is 0 Å². The summed E-state index contributed by atoms with van der Waals surface area (Å²) in [5.74, 6) is 0. The zero-order valence-electron chi connectivity index (χ0n) is 13.0. The number of hydrogen-bond acceptors (Lipinski definition) is 3. The fourth-order valence-corrected chi connectivity index (χ4v) is 3.53. The number of imidazole rings is 1. The summed E-state index contributed by atoms with van der Waals surface area (Å²) >= 11 is 1.71. The van der Waals surface area contributed by atoms with Crippen molar-refractivity contribution in [2.45, 2.75) is 40.3 Å². The Kier molecular flexibility index (Phi) is 3.83. The van der Waals surface area contributed by atoms with Crippen LogP contribution in [0.15, 0.2) is 29.6 Å². The van der Waals surface area contributed by atoms with Gasteiger partial charge in [0.2, 0.25) is 0 Å². The minimum Gasteiger partial charge on any atom is -0.305 e. The molecule has 21 heavy (non-hydrogen) atoms. The molecule has 1 aromatic carbocycles. The first-order valence-corrected chi connectivity index (χ1v) is 8.16. The predicted octanol–water partition coefficient (Wildman–Crippen LogP) is 4.17. The van der Waals surface area contributed by atoms with Crippen molar-refractivity contribution in [1.82, 2.24) is 14.7 Å². The Morgan fingerprint density at radius 2 is 1.90 bits per heavy atom. The third kappa shape index (κ3) is 2.74. The molecule has 2 aromatic heterocycles. The zero-order valence-corrected chi connectivity index (χ0v) is 13.8. The molecule has 0 saturated carbocycles. The van der Waals surface area contributed by atoms with Crippen molar-refractivity contribution in [1.29, 1.82) is 0 Å². The lowest BCUT2D eigenvalue weighted by Crippen LogP contribution is -2.19. The van der Waals surface area contributed by atoms with Crippen LogP contribution < -0.4 is 5.32 Å². The van der Waals surface area contributed by atoms with Gasteiger partial charge in [0.05, 0.1) is 11.4 Å². The lowest BCUT2D eigenvalue weighted by Gasteiger charge is -2.15. The summed E-state index contributed by atoms with van der Waals surface area (Å²) in [7, 11) is 0. The molecule has 3 aromatic rings. The highest BCUT2D eigenvalue weighted by atomic mass is 32.1. The maximum atomic E-state index is 4.64. The third-order valence-corrected chi connectivity index (χ3v) is 4.93. The second-order valence-corrected chi connectivity index (χ2v) is 6.49.